The Balaban J connectivity index is 2.09. The number of esters is 1. The van der Waals surface area contributed by atoms with Gasteiger partial charge in [-0.3, -0.25) is 4.79 Å². The monoisotopic (exact) mass is 375 g/mol. The summed E-state index contributed by atoms with van der Waals surface area (Å²) in [4.78, 5) is 28.3. The molecule has 2 rings (SSSR count). The van der Waals surface area contributed by atoms with Crippen molar-refractivity contribution in [2.75, 3.05) is 24.3 Å². The van der Waals surface area contributed by atoms with Gasteiger partial charge in [0.25, 0.3) is 5.91 Å². The lowest BCUT2D eigenvalue weighted by Gasteiger charge is -2.10. The van der Waals surface area contributed by atoms with Crippen LogP contribution in [0.5, 0.6) is 0 Å². The molecule has 0 aliphatic rings. The van der Waals surface area contributed by atoms with Crippen molar-refractivity contribution in [2.45, 2.75) is 26.2 Å². The van der Waals surface area contributed by atoms with Crippen LogP contribution in [0.2, 0.25) is 5.02 Å². The van der Waals surface area contributed by atoms with Crippen LogP contribution < -0.4 is 10.6 Å². The largest absolute Gasteiger partial charge is 0.465 e. The van der Waals surface area contributed by atoms with E-state index in [9.17, 15) is 9.59 Å². The van der Waals surface area contributed by atoms with Crippen LogP contribution in [0.4, 0.5) is 11.5 Å². The molecule has 0 spiro atoms. The highest BCUT2D eigenvalue weighted by atomic mass is 35.5. The summed E-state index contributed by atoms with van der Waals surface area (Å²) >= 11 is 6.11. The molecule has 6 nitrogen and oxygen atoms in total. The number of carbonyl (C=O) groups is 2. The van der Waals surface area contributed by atoms with E-state index in [0.717, 1.165) is 25.8 Å². The third-order valence-electron chi connectivity index (χ3n) is 3.74. The summed E-state index contributed by atoms with van der Waals surface area (Å²) in [6.07, 6.45) is 4.90. The van der Waals surface area contributed by atoms with Crippen LogP contribution in [0.25, 0.3) is 0 Å². The van der Waals surface area contributed by atoms with Gasteiger partial charge in [0, 0.05) is 18.3 Å². The first-order valence-corrected chi connectivity index (χ1v) is 8.82. The van der Waals surface area contributed by atoms with Crippen LogP contribution in [0, 0.1) is 0 Å². The van der Waals surface area contributed by atoms with Gasteiger partial charge in [-0.05, 0) is 36.8 Å². The van der Waals surface area contributed by atoms with E-state index >= 15 is 0 Å². The number of pyridine rings is 1. The van der Waals surface area contributed by atoms with Crippen LogP contribution >= 0.6 is 11.6 Å². The van der Waals surface area contributed by atoms with Crippen LogP contribution in [0.15, 0.2) is 36.5 Å². The lowest BCUT2D eigenvalue weighted by Crippen LogP contribution is -2.14. The number of nitrogens with one attached hydrogen (secondary N) is 2. The Kier molecular flexibility index (Phi) is 7.41. The lowest BCUT2D eigenvalue weighted by molar-refractivity contribution is 0.0600. The number of methoxy groups -OCH3 is 1. The minimum atomic E-state index is -0.500. The third-order valence-corrected chi connectivity index (χ3v) is 4.07. The zero-order chi connectivity index (χ0) is 18.9. The number of amides is 1. The number of benzene rings is 1. The second-order valence-corrected chi connectivity index (χ2v) is 6.11. The maximum atomic E-state index is 12.5. The molecule has 1 aromatic carbocycles. The Labute approximate surface area is 157 Å². The average Bonchev–Trinajstić information content (AvgIpc) is 2.66. The molecule has 0 saturated heterocycles. The predicted molar refractivity (Wildman–Crippen MR) is 103 cm³/mol. The highest BCUT2D eigenvalue weighted by molar-refractivity contribution is 6.34. The van der Waals surface area contributed by atoms with Crippen molar-refractivity contribution >= 4 is 35.0 Å². The summed E-state index contributed by atoms with van der Waals surface area (Å²) in [5.74, 6) is -0.198. The molecule has 0 unspecified atom stereocenters. The van der Waals surface area contributed by atoms with E-state index in [4.69, 9.17) is 11.6 Å². The van der Waals surface area contributed by atoms with Crippen LogP contribution in [0.3, 0.4) is 0 Å². The first kappa shape index (κ1) is 19.7. The normalized spacial score (nSPS) is 10.3. The van der Waals surface area contributed by atoms with Gasteiger partial charge in [-0.25, -0.2) is 9.78 Å². The number of carbonyl (C=O) groups excluding carboxylic acids is 2. The molecule has 1 amide bonds. The molecule has 0 radical (unpaired) electrons. The maximum Gasteiger partial charge on any atom is 0.337 e. The summed E-state index contributed by atoms with van der Waals surface area (Å²) in [5.41, 5.74) is 1.09. The van der Waals surface area contributed by atoms with Crippen LogP contribution in [-0.2, 0) is 4.74 Å². The fraction of sp³-hybridized carbons (Fsp3) is 0.316. The van der Waals surface area contributed by atoms with Crippen molar-refractivity contribution in [3.8, 4) is 0 Å². The van der Waals surface area contributed by atoms with Crippen LogP contribution in [-0.4, -0.2) is 30.5 Å². The van der Waals surface area contributed by atoms with Crippen molar-refractivity contribution in [3.63, 3.8) is 0 Å². The van der Waals surface area contributed by atoms with E-state index in [2.05, 4.69) is 27.3 Å². The smallest absolute Gasteiger partial charge is 0.337 e. The van der Waals surface area contributed by atoms with Crippen molar-refractivity contribution in [1.82, 2.24) is 4.98 Å². The summed E-state index contributed by atoms with van der Waals surface area (Å²) in [7, 11) is 1.29. The molecule has 138 valence electrons. The second-order valence-electron chi connectivity index (χ2n) is 5.70. The average molecular weight is 376 g/mol. The Morgan fingerprint density at radius 2 is 1.96 bits per heavy atom. The van der Waals surface area contributed by atoms with Gasteiger partial charge >= 0.3 is 5.97 Å². The van der Waals surface area contributed by atoms with Crippen molar-refractivity contribution < 1.29 is 14.3 Å². The highest BCUT2D eigenvalue weighted by Gasteiger charge is 2.13. The Hall–Kier alpha value is -2.60. The van der Waals surface area contributed by atoms with Crippen molar-refractivity contribution in [1.29, 1.82) is 0 Å². The SMILES string of the molecule is CCCCCNc1cc(C(=O)Nc2cc(C(=O)OC)ccc2Cl)ccn1. The molecule has 26 heavy (non-hydrogen) atoms. The summed E-state index contributed by atoms with van der Waals surface area (Å²) in [6, 6.07) is 7.85. The molecule has 0 saturated carbocycles. The first-order valence-electron chi connectivity index (χ1n) is 8.44. The van der Waals surface area contributed by atoms with Gasteiger partial charge < -0.3 is 15.4 Å². The number of nitrogens with zero attached hydrogens (tertiary/aromatic N) is 1. The minimum absolute atomic E-state index is 0.306. The number of rotatable bonds is 8. The number of hydrogen-bond acceptors (Lipinski definition) is 5. The van der Waals surface area contributed by atoms with Gasteiger partial charge in [-0.15, -0.1) is 0 Å². The number of aromatic nitrogens is 1. The molecule has 0 fully saturated rings. The van der Waals surface area contributed by atoms with Crippen LogP contribution in [0.1, 0.15) is 46.9 Å². The van der Waals surface area contributed by atoms with E-state index in [1.165, 1.54) is 25.3 Å². The van der Waals surface area contributed by atoms with Gasteiger partial charge in [-0.2, -0.15) is 0 Å². The zero-order valence-corrected chi connectivity index (χ0v) is 15.6. The van der Waals surface area contributed by atoms with Gasteiger partial charge in [0.15, 0.2) is 0 Å². The van der Waals surface area contributed by atoms with Gasteiger partial charge in [-0.1, -0.05) is 31.4 Å². The quantitative estimate of drug-likeness (QED) is 0.528. The summed E-state index contributed by atoms with van der Waals surface area (Å²) < 4.78 is 4.68. The molecule has 1 aromatic heterocycles. The number of ether oxygens (including phenoxy) is 1. The second kappa shape index (κ2) is 9.77. The molecule has 2 N–H and O–H groups in total. The van der Waals surface area contributed by atoms with E-state index in [1.54, 1.807) is 18.3 Å². The van der Waals surface area contributed by atoms with E-state index < -0.39 is 5.97 Å². The summed E-state index contributed by atoms with van der Waals surface area (Å²) in [5, 5.41) is 6.25. The fourth-order valence-electron chi connectivity index (χ4n) is 2.32. The van der Waals surface area contributed by atoms with Gasteiger partial charge in [0.1, 0.15) is 5.82 Å². The number of halogens is 1. The Morgan fingerprint density at radius 1 is 1.15 bits per heavy atom. The number of unbranched alkanes of at least 4 members (excludes halogenated alkanes) is 2. The van der Waals surface area contributed by atoms with Gasteiger partial charge in [0.2, 0.25) is 0 Å². The fourth-order valence-corrected chi connectivity index (χ4v) is 2.49. The molecular weight excluding hydrogens is 354 g/mol. The molecule has 0 aliphatic heterocycles. The maximum absolute atomic E-state index is 12.5. The molecule has 0 bridgehead atoms. The van der Waals surface area contributed by atoms with Crippen molar-refractivity contribution in [3.05, 3.63) is 52.7 Å². The molecular formula is C19H22ClN3O3. The summed E-state index contributed by atoms with van der Waals surface area (Å²) in [6.45, 7) is 2.95. The van der Waals surface area contributed by atoms with Gasteiger partial charge in [0.05, 0.1) is 23.4 Å². The Bertz CT molecular complexity index is 780. The lowest BCUT2D eigenvalue weighted by atomic mass is 10.2. The minimum Gasteiger partial charge on any atom is -0.465 e. The molecule has 1 heterocycles. The van der Waals surface area contributed by atoms with E-state index in [0.29, 0.717) is 27.7 Å². The van der Waals surface area contributed by atoms with Crippen molar-refractivity contribution in [2.24, 2.45) is 0 Å². The molecule has 0 aliphatic carbocycles. The third kappa shape index (κ3) is 5.46. The van der Waals surface area contributed by atoms with E-state index in [1.807, 2.05) is 0 Å². The molecule has 7 heteroatoms. The molecule has 2 aromatic rings. The zero-order valence-electron chi connectivity index (χ0n) is 14.8. The first-order chi connectivity index (χ1) is 12.5. The predicted octanol–water partition coefficient (Wildman–Crippen LogP) is 4.38. The Morgan fingerprint density at radius 3 is 2.69 bits per heavy atom. The number of hydrogen-bond donors (Lipinski definition) is 2. The van der Waals surface area contributed by atoms with E-state index in [-0.39, 0.29) is 5.91 Å². The topological polar surface area (TPSA) is 80.3 Å². The number of anilines is 2. The molecule has 0 atom stereocenters. The standard InChI is InChI=1S/C19H22ClN3O3/c1-3-4-5-9-21-17-12-13(8-10-22-17)18(24)23-16-11-14(19(25)26-2)6-7-15(16)20/h6-8,10-12H,3-5,9H2,1-2H3,(H,21,22)(H,23,24). The highest BCUT2D eigenvalue weighted by Crippen LogP contribution is 2.24.